The lowest BCUT2D eigenvalue weighted by Gasteiger charge is -2.33. The fourth-order valence-corrected chi connectivity index (χ4v) is 4.73. The summed E-state index contributed by atoms with van der Waals surface area (Å²) in [4.78, 5) is 14.9. The number of hydrogen-bond donors (Lipinski definition) is 4. The van der Waals surface area contributed by atoms with Crippen molar-refractivity contribution in [3.8, 4) is 0 Å². The van der Waals surface area contributed by atoms with Crippen LogP contribution in [0.1, 0.15) is 36.8 Å². The van der Waals surface area contributed by atoms with E-state index in [0.717, 1.165) is 43.5 Å². The van der Waals surface area contributed by atoms with Crippen LogP contribution in [-0.4, -0.2) is 56.0 Å². The summed E-state index contributed by atoms with van der Waals surface area (Å²) in [5.74, 6) is 0.0621. The second-order valence-corrected chi connectivity index (χ2v) is 8.85. The Morgan fingerprint density at radius 3 is 2.90 bits per heavy atom. The third kappa shape index (κ3) is 4.55. The number of rotatable bonds is 5. The standard InChI is InChI=1S/C21H32FN5O2/c1-12-7-8-16(22)15-10-17(24-19(12)15)20(28)23-14-6-4-5-13(9-14)21-26-25-18(29-21)11-27(2)3/h7-8,13-14,17-18,21,24-26H,4-6,9-11H2,1-3H3,(H,23,28)/t13-,14+,17?,18?,21-/m0/s1. The minimum absolute atomic E-state index is 0.0238. The maximum absolute atomic E-state index is 14.1. The molecule has 4 rings (SSSR count). The van der Waals surface area contributed by atoms with E-state index in [1.165, 1.54) is 6.07 Å². The first-order chi connectivity index (χ1) is 13.9. The topological polar surface area (TPSA) is 77.7 Å². The highest BCUT2D eigenvalue weighted by atomic mass is 19.1. The molecule has 1 aromatic rings. The first-order valence-electron chi connectivity index (χ1n) is 10.6. The maximum Gasteiger partial charge on any atom is 0.243 e. The number of carbonyl (C=O) groups excluding carboxylic acids is 1. The molecule has 7 nitrogen and oxygen atoms in total. The fraction of sp³-hybridized carbons (Fsp3) is 0.667. The molecular formula is C21H32FN5O2. The van der Waals surface area contributed by atoms with Gasteiger partial charge in [0.1, 0.15) is 24.3 Å². The molecule has 160 valence electrons. The van der Waals surface area contributed by atoms with Gasteiger partial charge in [0.05, 0.1) is 0 Å². The van der Waals surface area contributed by atoms with E-state index in [4.69, 9.17) is 4.74 Å². The van der Waals surface area contributed by atoms with Crippen molar-refractivity contribution in [2.75, 3.05) is 26.0 Å². The molecule has 8 heteroatoms. The third-order valence-corrected chi connectivity index (χ3v) is 6.23. The molecule has 0 bridgehead atoms. The van der Waals surface area contributed by atoms with Crippen LogP contribution in [-0.2, 0) is 16.0 Å². The molecule has 2 unspecified atom stereocenters. The molecule has 1 saturated heterocycles. The summed E-state index contributed by atoms with van der Waals surface area (Å²) < 4.78 is 20.2. The van der Waals surface area contributed by atoms with Crippen molar-refractivity contribution >= 4 is 11.6 Å². The summed E-state index contributed by atoms with van der Waals surface area (Å²) in [5, 5.41) is 6.42. The lowest BCUT2D eigenvalue weighted by molar-refractivity contribution is -0.123. The average Bonchev–Trinajstić information content (AvgIpc) is 3.33. The molecule has 1 aliphatic carbocycles. The van der Waals surface area contributed by atoms with Crippen molar-refractivity contribution in [3.63, 3.8) is 0 Å². The zero-order valence-corrected chi connectivity index (χ0v) is 17.4. The van der Waals surface area contributed by atoms with Gasteiger partial charge in [-0.3, -0.25) is 4.79 Å². The number of nitrogens with one attached hydrogen (secondary N) is 4. The maximum atomic E-state index is 14.1. The van der Waals surface area contributed by atoms with Crippen LogP contribution in [0.3, 0.4) is 0 Å². The van der Waals surface area contributed by atoms with E-state index >= 15 is 0 Å². The molecule has 5 atom stereocenters. The van der Waals surface area contributed by atoms with E-state index in [0.29, 0.717) is 17.9 Å². The van der Waals surface area contributed by atoms with Crippen LogP contribution < -0.4 is 21.5 Å². The van der Waals surface area contributed by atoms with Gasteiger partial charge in [0.15, 0.2) is 0 Å². The molecule has 1 saturated carbocycles. The predicted octanol–water partition coefficient (Wildman–Crippen LogP) is 1.48. The second kappa shape index (κ2) is 8.55. The molecule has 0 radical (unpaired) electrons. The number of amides is 1. The van der Waals surface area contributed by atoms with Crippen LogP contribution in [0.4, 0.5) is 10.1 Å². The Hall–Kier alpha value is -1.74. The number of anilines is 1. The Morgan fingerprint density at radius 2 is 2.14 bits per heavy atom. The van der Waals surface area contributed by atoms with E-state index in [1.807, 2.05) is 21.0 Å². The summed E-state index contributed by atoms with van der Waals surface area (Å²) >= 11 is 0. The number of carbonyl (C=O) groups is 1. The molecule has 0 spiro atoms. The average molecular weight is 406 g/mol. The smallest absolute Gasteiger partial charge is 0.243 e. The van der Waals surface area contributed by atoms with Gasteiger partial charge in [0, 0.05) is 36.2 Å². The Balaban J connectivity index is 1.31. The predicted molar refractivity (Wildman–Crippen MR) is 110 cm³/mol. The zero-order valence-electron chi connectivity index (χ0n) is 17.4. The number of likely N-dealkylation sites (N-methyl/N-ethyl adjacent to an activating group) is 1. The number of benzene rings is 1. The van der Waals surface area contributed by atoms with Gasteiger partial charge >= 0.3 is 0 Å². The molecule has 0 aromatic heterocycles. The van der Waals surface area contributed by atoms with Gasteiger partial charge in [-0.15, -0.1) is 0 Å². The lowest BCUT2D eigenvalue weighted by Crippen LogP contribution is -2.48. The summed E-state index contributed by atoms with van der Waals surface area (Å²) in [5.41, 5.74) is 8.84. The van der Waals surface area contributed by atoms with Crippen molar-refractivity contribution in [1.29, 1.82) is 0 Å². The molecule has 4 N–H and O–H groups in total. The molecule has 29 heavy (non-hydrogen) atoms. The summed E-state index contributed by atoms with van der Waals surface area (Å²) in [6.45, 7) is 2.74. The van der Waals surface area contributed by atoms with E-state index < -0.39 is 6.04 Å². The number of hydrogen-bond acceptors (Lipinski definition) is 6. The largest absolute Gasteiger partial charge is 0.373 e. The van der Waals surface area contributed by atoms with Crippen LogP contribution in [0.5, 0.6) is 0 Å². The summed E-state index contributed by atoms with van der Waals surface area (Å²) in [7, 11) is 4.04. The summed E-state index contributed by atoms with van der Waals surface area (Å²) in [6.07, 6.45) is 4.33. The van der Waals surface area contributed by atoms with Gasteiger partial charge in [0.25, 0.3) is 0 Å². The number of aryl methyl sites for hydroxylation is 1. The molecule has 1 aromatic carbocycles. The minimum Gasteiger partial charge on any atom is -0.373 e. The van der Waals surface area contributed by atoms with Gasteiger partial charge in [-0.05, 0) is 51.9 Å². The van der Waals surface area contributed by atoms with E-state index in [1.54, 1.807) is 6.07 Å². The van der Waals surface area contributed by atoms with Gasteiger partial charge in [-0.2, -0.15) is 0 Å². The van der Waals surface area contributed by atoms with Crippen molar-refractivity contribution in [1.82, 2.24) is 21.1 Å². The van der Waals surface area contributed by atoms with Crippen LogP contribution in [0, 0.1) is 18.7 Å². The number of fused-ring (bicyclic) bond motifs is 1. The quantitative estimate of drug-likeness (QED) is 0.595. The number of nitrogens with zero attached hydrogens (tertiary/aromatic N) is 1. The first kappa shape index (κ1) is 20.5. The lowest BCUT2D eigenvalue weighted by atomic mass is 9.84. The Morgan fingerprint density at radius 1 is 1.31 bits per heavy atom. The Kier molecular flexibility index (Phi) is 6.06. The van der Waals surface area contributed by atoms with E-state index in [9.17, 15) is 9.18 Å². The van der Waals surface area contributed by atoms with Gasteiger partial charge in [-0.25, -0.2) is 15.2 Å². The summed E-state index contributed by atoms with van der Waals surface area (Å²) in [6, 6.07) is 2.94. The van der Waals surface area contributed by atoms with Crippen molar-refractivity contribution < 1.29 is 13.9 Å². The zero-order chi connectivity index (χ0) is 20.5. The highest BCUT2D eigenvalue weighted by molar-refractivity contribution is 5.88. The Bertz CT molecular complexity index is 728. The normalized spacial score (nSPS) is 31.6. The van der Waals surface area contributed by atoms with Crippen LogP contribution in [0.2, 0.25) is 0 Å². The molecule has 1 amide bonds. The van der Waals surface area contributed by atoms with Crippen molar-refractivity contribution in [2.24, 2.45) is 5.92 Å². The molecule has 2 aliphatic heterocycles. The fourth-order valence-electron chi connectivity index (χ4n) is 4.73. The Labute approximate surface area is 171 Å². The van der Waals surface area contributed by atoms with Gasteiger partial charge < -0.3 is 20.3 Å². The van der Waals surface area contributed by atoms with Crippen LogP contribution in [0.25, 0.3) is 0 Å². The SMILES string of the molecule is Cc1ccc(F)c2c1NC(C(=O)N[C@@H]1CCC[C@H]([C@H]3NNC(CN(C)C)O3)C1)C2. The van der Waals surface area contributed by atoms with Crippen molar-refractivity contribution in [3.05, 3.63) is 29.1 Å². The van der Waals surface area contributed by atoms with Gasteiger partial charge in [0.2, 0.25) is 5.91 Å². The van der Waals surface area contributed by atoms with Crippen molar-refractivity contribution in [2.45, 2.75) is 63.6 Å². The molecule has 2 fully saturated rings. The number of ether oxygens (including phenoxy) is 1. The minimum atomic E-state index is -0.409. The number of halogens is 1. The second-order valence-electron chi connectivity index (χ2n) is 8.85. The van der Waals surface area contributed by atoms with Crippen LogP contribution >= 0.6 is 0 Å². The highest BCUT2D eigenvalue weighted by Crippen LogP contribution is 2.32. The molecule has 3 aliphatic rings. The number of hydrazine groups is 1. The molecular weight excluding hydrogens is 373 g/mol. The van der Waals surface area contributed by atoms with Crippen LogP contribution in [0.15, 0.2) is 12.1 Å². The highest BCUT2D eigenvalue weighted by Gasteiger charge is 2.36. The van der Waals surface area contributed by atoms with E-state index in [-0.39, 0.29) is 30.2 Å². The molecule has 2 heterocycles. The first-order valence-corrected chi connectivity index (χ1v) is 10.6. The van der Waals surface area contributed by atoms with Gasteiger partial charge in [-0.1, -0.05) is 12.5 Å². The third-order valence-electron chi connectivity index (χ3n) is 6.23. The van der Waals surface area contributed by atoms with E-state index in [2.05, 4.69) is 26.4 Å². The monoisotopic (exact) mass is 405 g/mol.